The molecule has 8 nitrogen and oxygen atoms in total. The van der Waals surface area contributed by atoms with Crippen LogP contribution in [-0.2, 0) is 9.59 Å². The highest BCUT2D eigenvalue weighted by Crippen LogP contribution is 2.14. The molecule has 0 atom stereocenters. The van der Waals surface area contributed by atoms with E-state index in [0.29, 0.717) is 29.2 Å². The maximum absolute atomic E-state index is 11.9. The number of hydrogen-bond donors (Lipinski definition) is 2. The number of nitrogens with zero attached hydrogens (tertiary/aromatic N) is 3. The minimum Gasteiger partial charge on any atom is -0.369 e. The van der Waals surface area contributed by atoms with Crippen LogP contribution in [0.2, 0.25) is 5.02 Å². The Morgan fingerprint density at radius 3 is 2.32 bits per heavy atom. The minimum absolute atomic E-state index is 0.0514. The number of aryl methyl sites for hydroxylation is 1. The molecule has 2 fully saturated rings. The van der Waals surface area contributed by atoms with Gasteiger partial charge >= 0.3 is 0 Å². The van der Waals surface area contributed by atoms with Gasteiger partial charge in [0.2, 0.25) is 17.8 Å². The number of halogens is 1. The summed E-state index contributed by atoms with van der Waals surface area (Å²) in [7, 11) is 0. The van der Waals surface area contributed by atoms with E-state index in [9.17, 15) is 14.4 Å². The normalized spacial score (nSPS) is 15.4. The van der Waals surface area contributed by atoms with Crippen LogP contribution in [0.25, 0.3) is 0 Å². The molecule has 4 rings (SSSR count). The Bertz CT molecular complexity index is 1120. The molecule has 2 aromatic rings. The number of hydrogen-bond acceptors (Lipinski definition) is 4. The number of nitrogens with two attached hydrogens (primary N) is 1. The highest BCUT2D eigenvalue weighted by molar-refractivity contribution is 6.30. The summed E-state index contributed by atoms with van der Waals surface area (Å²) >= 11 is 5.76. The van der Waals surface area contributed by atoms with Crippen molar-refractivity contribution in [2.45, 2.75) is 45.4 Å². The molecule has 0 aliphatic carbocycles. The zero-order valence-corrected chi connectivity index (χ0v) is 22.6. The Labute approximate surface area is 230 Å². The van der Waals surface area contributed by atoms with Gasteiger partial charge in [-0.25, -0.2) is 4.99 Å². The number of carbonyl (C=O) groups is 3. The molecule has 0 bridgehead atoms. The van der Waals surface area contributed by atoms with E-state index in [2.05, 4.69) is 23.2 Å². The molecule has 202 valence electrons. The zero-order chi connectivity index (χ0) is 27.9. The third-order valence-corrected chi connectivity index (χ3v) is 6.31. The average Bonchev–Trinajstić information content (AvgIpc) is 3.37. The quantitative estimate of drug-likeness (QED) is 0.344. The summed E-state index contributed by atoms with van der Waals surface area (Å²) < 4.78 is 0. The molecule has 9 heteroatoms. The van der Waals surface area contributed by atoms with Crippen molar-refractivity contribution < 1.29 is 14.4 Å². The van der Waals surface area contributed by atoms with E-state index >= 15 is 0 Å². The molecule has 0 spiro atoms. The van der Waals surface area contributed by atoms with Crippen LogP contribution < -0.4 is 11.1 Å². The van der Waals surface area contributed by atoms with E-state index in [1.54, 1.807) is 29.2 Å². The van der Waals surface area contributed by atoms with E-state index < -0.39 is 0 Å². The van der Waals surface area contributed by atoms with Gasteiger partial charge in [0.15, 0.2) is 0 Å². The van der Waals surface area contributed by atoms with Crippen molar-refractivity contribution in [3.63, 3.8) is 0 Å². The van der Waals surface area contributed by atoms with Gasteiger partial charge in [-0.05, 0) is 74.6 Å². The summed E-state index contributed by atoms with van der Waals surface area (Å²) in [5, 5.41) is 3.10. The number of benzene rings is 2. The minimum atomic E-state index is -0.324. The standard InChI is InChI=1S/C15H14ClN3O.C12H20N2O2.C2H2/c1-10-3-2-4-13(9-10)18-15(17)19-14(20)11-5-7-12(16)8-6-11;15-11-6-2-1-3-9-14(11)10-12(16)13-7-4-5-8-13;1-2/h2-9H,1H3,(H3,17,18,19,20);1-10H2;1-2H. The Hall–Kier alpha value is -3.83. The maximum atomic E-state index is 11.9. The lowest BCUT2D eigenvalue weighted by Crippen LogP contribution is -2.41. The molecular formula is C29H36ClN5O3. The Balaban J connectivity index is 0.000000256. The molecule has 2 heterocycles. The highest BCUT2D eigenvalue weighted by atomic mass is 35.5. The van der Waals surface area contributed by atoms with Gasteiger partial charge in [0.25, 0.3) is 5.91 Å². The first kappa shape index (κ1) is 30.4. The lowest BCUT2D eigenvalue weighted by atomic mass is 10.2. The number of guanidine groups is 1. The molecule has 2 aliphatic rings. The van der Waals surface area contributed by atoms with Crippen molar-refractivity contribution in [1.82, 2.24) is 15.1 Å². The number of aliphatic imine (C=N–C) groups is 1. The summed E-state index contributed by atoms with van der Waals surface area (Å²) in [6.07, 6.45) is 14.0. The summed E-state index contributed by atoms with van der Waals surface area (Å²) in [5.41, 5.74) is 7.95. The lowest BCUT2D eigenvalue weighted by Gasteiger charge is -2.23. The van der Waals surface area contributed by atoms with Gasteiger partial charge in [-0.1, -0.05) is 30.2 Å². The van der Waals surface area contributed by atoms with Crippen molar-refractivity contribution in [2.75, 3.05) is 26.2 Å². The van der Waals surface area contributed by atoms with Gasteiger partial charge < -0.3 is 15.5 Å². The molecule has 2 aromatic carbocycles. The molecule has 0 saturated carbocycles. The fraction of sp³-hybridized carbons (Fsp3) is 0.379. The third-order valence-electron chi connectivity index (χ3n) is 6.06. The molecule has 0 aromatic heterocycles. The molecule has 0 radical (unpaired) electrons. The van der Waals surface area contributed by atoms with E-state index in [-0.39, 0.29) is 23.7 Å². The predicted octanol–water partition coefficient (Wildman–Crippen LogP) is 4.29. The number of carbonyl (C=O) groups excluding carboxylic acids is 3. The SMILES string of the molecule is C#C.Cc1cccc(N=C(N)NC(=O)c2ccc(Cl)cc2)c1.O=C(CN1CCCCCC1=O)N1CCCC1. The molecule has 0 unspecified atom stereocenters. The largest absolute Gasteiger partial charge is 0.369 e. The van der Waals surface area contributed by atoms with Gasteiger partial charge in [0.1, 0.15) is 0 Å². The molecule has 3 N–H and O–H groups in total. The van der Waals surface area contributed by atoms with Gasteiger partial charge in [-0.3, -0.25) is 19.7 Å². The first-order valence-corrected chi connectivity index (χ1v) is 13.1. The second-order valence-corrected chi connectivity index (χ2v) is 9.45. The Kier molecular flexibility index (Phi) is 12.9. The van der Waals surface area contributed by atoms with Crippen LogP contribution in [0.3, 0.4) is 0 Å². The number of likely N-dealkylation sites (tertiary alicyclic amines) is 2. The van der Waals surface area contributed by atoms with E-state index in [0.717, 1.165) is 57.3 Å². The van der Waals surface area contributed by atoms with Gasteiger partial charge in [0, 0.05) is 36.6 Å². The Morgan fingerprint density at radius 2 is 1.66 bits per heavy atom. The summed E-state index contributed by atoms with van der Waals surface area (Å²) in [6.45, 7) is 4.78. The van der Waals surface area contributed by atoms with Crippen molar-refractivity contribution in [3.8, 4) is 12.8 Å². The lowest BCUT2D eigenvalue weighted by molar-refractivity contribution is -0.139. The first-order chi connectivity index (χ1) is 18.3. The summed E-state index contributed by atoms with van der Waals surface area (Å²) in [5.74, 6) is 0.0175. The predicted molar refractivity (Wildman–Crippen MR) is 152 cm³/mol. The molecule has 38 heavy (non-hydrogen) atoms. The molecule has 2 saturated heterocycles. The van der Waals surface area contributed by atoms with Crippen molar-refractivity contribution in [3.05, 3.63) is 64.7 Å². The monoisotopic (exact) mass is 537 g/mol. The fourth-order valence-corrected chi connectivity index (χ4v) is 4.22. The van der Waals surface area contributed by atoms with Crippen LogP contribution in [0.4, 0.5) is 5.69 Å². The second kappa shape index (κ2) is 16.1. The topological polar surface area (TPSA) is 108 Å². The number of amides is 3. The van der Waals surface area contributed by atoms with E-state index in [1.807, 2.05) is 36.1 Å². The third kappa shape index (κ3) is 10.3. The molecule has 3 amide bonds. The number of terminal acetylenes is 1. The van der Waals surface area contributed by atoms with E-state index in [4.69, 9.17) is 17.3 Å². The fourth-order valence-electron chi connectivity index (χ4n) is 4.09. The molecular weight excluding hydrogens is 502 g/mol. The molecule has 2 aliphatic heterocycles. The van der Waals surface area contributed by atoms with Crippen molar-refractivity contribution in [1.29, 1.82) is 0 Å². The van der Waals surface area contributed by atoms with Crippen LogP contribution in [-0.4, -0.2) is 59.7 Å². The first-order valence-electron chi connectivity index (χ1n) is 12.7. The average molecular weight is 538 g/mol. The van der Waals surface area contributed by atoms with Gasteiger partial charge in [0.05, 0.1) is 12.2 Å². The zero-order valence-electron chi connectivity index (χ0n) is 21.9. The summed E-state index contributed by atoms with van der Waals surface area (Å²) in [4.78, 5) is 43.3. The van der Waals surface area contributed by atoms with Crippen molar-refractivity contribution in [2.24, 2.45) is 10.7 Å². The maximum Gasteiger partial charge on any atom is 0.257 e. The van der Waals surface area contributed by atoms with Crippen LogP contribution in [0.5, 0.6) is 0 Å². The van der Waals surface area contributed by atoms with Gasteiger partial charge in [-0.15, -0.1) is 12.8 Å². The smallest absolute Gasteiger partial charge is 0.257 e. The van der Waals surface area contributed by atoms with Crippen LogP contribution in [0.15, 0.2) is 53.5 Å². The number of nitrogens with one attached hydrogen (secondary N) is 1. The van der Waals surface area contributed by atoms with Gasteiger partial charge in [-0.2, -0.15) is 0 Å². The van der Waals surface area contributed by atoms with Crippen LogP contribution in [0.1, 0.15) is 54.4 Å². The van der Waals surface area contributed by atoms with E-state index in [1.165, 1.54) is 0 Å². The van der Waals surface area contributed by atoms with Crippen molar-refractivity contribution >= 4 is 41.0 Å². The highest BCUT2D eigenvalue weighted by Gasteiger charge is 2.23. The summed E-state index contributed by atoms with van der Waals surface area (Å²) in [6, 6.07) is 14.1. The van der Waals surface area contributed by atoms with Crippen LogP contribution in [0, 0.1) is 19.8 Å². The number of rotatable bonds is 4. The Morgan fingerprint density at radius 1 is 1.00 bits per heavy atom. The second-order valence-electron chi connectivity index (χ2n) is 9.01. The van der Waals surface area contributed by atoms with Crippen LogP contribution >= 0.6 is 11.6 Å².